The van der Waals surface area contributed by atoms with E-state index in [9.17, 15) is 0 Å². The van der Waals surface area contributed by atoms with Crippen molar-refractivity contribution >= 4 is 80.2 Å². The van der Waals surface area contributed by atoms with Crippen molar-refractivity contribution in [2.75, 3.05) is 52.0 Å². The standard InChI is InChI=1S/C26H24P2.C25H33O2.C24H32NO2.CH4.2ClH.2Pd/c1-5-13-23(14-6-1)27(24-15-7-2-8-16-24)21-22-28(25-17-9-3-10-18-25)26-19-11-4-12-20-26;1-6-16-26-17-18-27-22-13-10-21(11-14-22)12-15-25-23(19(2)3)8-7-9-24(25)20(4)5;1-6-14-26-15-16-27-21-12-10-20(11-13-21)17-25-24-22(18(2)3)8-7-9-23(24)19(4)5;;;;;/h1-20H,21-22H2;7-10,12-15,19-20H,6,16-18H2,1-5H3;7-10,12-13,17-19H,6,14-16H2,1-5H3;1H4;2*1H;;/q;2*-1;;;;2*+2/p-2/b;15-12+;;;;;;. The molecule has 0 saturated carbocycles. The van der Waals surface area contributed by atoms with Crippen molar-refractivity contribution in [2.24, 2.45) is 4.99 Å². The minimum absolute atomic E-state index is 0. The quantitative estimate of drug-likeness (QED) is 0.0129. The van der Waals surface area contributed by atoms with E-state index < -0.39 is 0 Å². The van der Waals surface area contributed by atoms with Gasteiger partial charge in [0.15, 0.2) is 0 Å². The number of halogens is 2. The van der Waals surface area contributed by atoms with E-state index in [1.165, 1.54) is 61.4 Å². The molecule has 11 heteroatoms. The van der Waals surface area contributed by atoms with Gasteiger partial charge in [-0.2, -0.15) is 5.56 Å². The second-order valence-corrected chi connectivity index (χ2v) is 26.0. The van der Waals surface area contributed by atoms with Crippen molar-refractivity contribution < 1.29 is 55.3 Å². The number of ether oxygens (including phenoxy) is 4. The molecule has 0 N–H and O–H groups in total. The van der Waals surface area contributed by atoms with Gasteiger partial charge in [-0.25, -0.2) is 0 Å². The summed E-state index contributed by atoms with van der Waals surface area (Å²) in [5.41, 5.74) is 9.77. The average Bonchev–Trinajstić information content (AvgIpc) is 2.41. The van der Waals surface area contributed by atoms with Gasteiger partial charge in [-0.3, -0.25) is 0 Å². The molecule has 0 bridgehead atoms. The van der Waals surface area contributed by atoms with E-state index in [1.807, 2.05) is 42.6 Å². The molecule has 0 unspecified atom stereocenters. The van der Waals surface area contributed by atoms with Crippen LogP contribution >= 0.6 is 34.9 Å². The molecule has 8 aromatic carbocycles. The first-order chi connectivity index (χ1) is 42.0. The third-order valence-electron chi connectivity index (χ3n) is 13.6. The fourth-order valence-corrected chi connectivity index (χ4v) is 14.7. The number of hydrogen-bond donors (Lipinski definition) is 0. The SMILES string of the molecule is C.CCCOCCOc1c[c-]c(/C=C/c2c(C(C)C)cccc2C(C)C)cc1.CCCOCCOc1c[c-]c(C=Nc2c(C(C)C)cccc2C(C)C)cc1.[Cl][Pd+].[Cl][Pd+].c1ccc(P(CCP(c2ccccc2)c2ccccc2)c2ccccc2)cc1. The van der Waals surface area contributed by atoms with Crippen LogP contribution in [0.25, 0.3) is 12.2 Å². The monoisotopic (exact) mass is 1430 g/mol. The Balaban J connectivity index is 0.000000330. The van der Waals surface area contributed by atoms with E-state index in [0.717, 1.165) is 54.4 Å². The molecule has 87 heavy (non-hydrogen) atoms. The van der Waals surface area contributed by atoms with Gasteiger partial charge < -0.3 is 23.9 Å². The molecule has 0 aromatic heterocycles. The van der Waals surface area contributed by atoms with Crippen molar-refractivity contribution in [3.63, 3.8) is 0 Å². The third kappa shape index (κ3) is 27.6. The summed E-state index contributed by atoms with van der Waals surface area (Å²) in [5, 5.41) is 5.89. The second kappa shape index (κ2) is 45.7. The van der Waals surface area contributed by atoms with Gasteiger partial charge in [-0.05, 0) is 120 Å². The first kappa shape index (κ1) is 76.7. The predicted octanol–water partition coefficient (Wildman–Crippen LogP) is 20.3. The number of para-hydroxylation sites is 1. The van der Waals surface area contributed by atoms with Crippen LogP contribution in [-0.2, 0) is 45.8 Å². The van der Waals surface area contributed by atoms with Crippen LogP contribution in [0.3, 0.4) is 0 Å². The van der Waals surface area contributed by atoms with E-state index in [2.05, 4.69) is 307 Å². The average molecular weight is 1430 g/mol. The number of nitrogens with zero attached hydrogens (tertiary/aromatic N) is 1. The number of benzene rings is 8. The molecule has 0 aliphatic rings. The van der Waals surface area contributed by atoms with E-state index in [-0.39, 0.29) is 23.3 Å². The normalized spacial score (nSPS) is 11.0. The summed E-state index contributed by atoms with van der Waals surface area (Å²) in [6.45, 7) is 26.0. The Labute approximate surface area is 557 Å². The topological polar surface area (TPSA) is 49.3 Å². The number of aliphatic imine (C=N–C) groups is 1. The van der Waals surface area contributed by atoms with E-state index in [4.69, 9.17) is 23.9 Å². The van der Waals surface area contributed by atoms with Gasteiger partial charge in [0.1, 0.15) is 0 Å². The van der Waals surface area contributed by atoms with Crippen LogP contribution in [0, 0.1) is 12.1 Å². The zero-order valence-electron chi connectivity index (χ0n) is 52.0. The zero-order chi connectivity index (χ0) is 62.3. The molecule has 0 atom stereocenters. The Morgan fingerprint density at radius 3 is 1.08 bits per heavy atom. The summed E-state index contributed by atoms with van der Waals surface area (Å²) >= 11 is 4.44. The van der Waals surface area contributed by atoms with Gasteiger partial charge in [0, 0.05) is 24.7 Å². The van der Waals surface area contributed by atoms with Crippen molar-refractivity contribution in [3.05, 3.63) is 245 Å². The Bertz CT molecular complexity index is 2740. The van der Waals surface area contributed by atoms with Crippen molar-refractivity contribution in [2.45, 2.75) is 113 Å². The Morgan fingerprint density at radius 2 is 0.759 bits per heavy atom. The van der Waals surface area contributed by atoms with Crippen LogP contribution in [-0.4, -0.2) is 58.2 Å². The van der Waals surface area contributed by atoms with Gasteiger partial charge in [-0.1, -0.05) is 240 Å². The molecule has 0 heterocycles. The van der Waals surface area contributed by atoms with Gasteiger partial charge in [-0.15, -0.1) is 60.2 Å². The Morgan fingerprint density at radius 1 is 0.414 bits per heavy atom. The fourth-order valence-electron chi connectivity index (χ4n) is 9.35. The Hall–Kier alpha value is -4.55. The maximum Gasteiger partial charge on any atom is -0.0195 e. The van der Waals surface area contributed by atoms with Crippen molar-refractivity contribution in [1.82, 2.24) is 0 Å². The van der Waals surface area contributed by atoms with Gasteiger partial charge in [0.25, 0.3) is 0 Å². The fraction of sp³-hybridized carbons (Fsp3) is 0.329. The van der Waals surface area contributed by atoms with Crippen LogP contribution in [0.2, 0.25) is 0 Å². The molecule has 0 saturated heterocycles. The summed E-state index contributed by atoms with van der Waals surface area (Å²) in [6.07, 6.45) is 10.7. The Kier molecular flexibility index (Phi) is 40.3. The molecule has 470 valence electrons. The minimum atomic E-state index is -0.348. The molecule has 0 spiro atoms. The van der Waals surface area contributed by atoms with Crippen LogP contribution in [0.15, 0.2) is 199 Å². The molecule has 0 radical (unpaired) electrons. The molecule has 0 amide bonds. The molecule has 0 aliphatic carbocycles. The van der Waals surface area contributed by atoms with E-state index in [1.54, 1.807) is 0 Å². The zero-order valence-corrected chi connectivity index (χ0v) is 58.4. The summed E-state index contributed by atoms with van der Waals surface area (Å²) in [7, 11) is 8.28. The molecule has 0 fully saturated rings. The smallest absolute Gasteiger partial charge is 0.0195 e. The van der Waals surface area contributed by atoms with E-state index >= 15 is 0 Å². The first-order valence-electron chi connectivity index (χ1n) is 29.9. The molecule has 8 rings (SSSR count). The molecule has 5 nitrogen and oxygen atoms in total. The van der Waals surface area contributed by atoms with Crippen LogP contribution < -0.4 is 30.7 Å². The van der Waals surface area contributed by atoms with Crippen molar-refractivity contribution in [1.29, 1.82) is 0 Å². The van der Waals surface area contributed by atoms with Gasteiger partial charge >= 0.3 is 55.4 Å². The maximum absolute atomic E-state index is 5.69. The maximum atomic E-state index is 5.69. The molecular weight excluding hydrogens is 1340 g/mol. The van der Waals surface area contributed by atoms with E-state index in [0.29, 0.717) is 50.1 Å². The van der Waals surface area contributed by atoms with Gasteiger partial charge in [0.05, 0.1) is 32.1 Å². The van der Waals surface area contributed by atoms with Crippen molar-refractivity contribution in [3.8, 4) is 11.5 Å². The molecule has 0 aliphatic heterocycles. The third-order valence-corrected chi connectivity index (χ3v) is 19.0. The van der Waals surface area contributed by atoms with Crippen LogP contribution in [0.1, 0.15) is 152 Å². The molecule has 8 aromatic rings. The summed E-state index contributed by atoms with van der Waals surface area (Å²) in [6, 6.07) is 75.6. The minimum Gasteiger partial charge on any atom is -0.0622 e. The van der Waals surface area contributed by atoms with Crippen LogP contribution in [0.5, 0.6) is 11.5 Å². The summed E-state index contributed by atoms with van der Waals surface area (Å²) in [5.74, 6) is 3.50. The summed E-state index contributed by atoms with van der Waals surface area (Å²) in [4.78, 5) is 4.83. The van der Waals surface area contributed by atoms with Gasteiger partial charge in [0.2, 0.25) is 0 Å². The number of hydrogen-bond acceptors (Lipinski definition) is 5. The molecular formula is C76H93Cl2NO4P2Pd2. The summed E-state index contributed by atoms with van der Waals surface area (Å²) < 4.78 is 22.2. The first-order valence-corrected chi connectivity index (χ1v) is 36.9. The number of rotatable bonds is 27. The largest absolute Gasteiger partial charge is 0.0622 e. The van der Waals surface area contributed by atoms with Crippen LogP contribution in [0.4, 0.5) is 5.69 Å². The second-order valence-electron chi connectivity index (χ2n) is 21.4. The predicted molar refractivity (Wildman–Crippen MR) is 376 cm³/mol.